The van der Waals surface area contributed by atoms with Crippen molar-refractivity contribution in [1.82, 2.24) is 25.2 Å². The molecular weight excluding hydrogens is 322 g/mol. The fourth-order valence-corrected chi connectivity index (χ4v) is 2.92. The lowest BCUT2D eigenvalue weighted by Gasteiger charge is -2.35. The Morgan fingerprint density at radius 2 is 1.92 bits per heavy atom. The molecule has 1 aliphatic rings. The Kier molecular flexibility index (Phi) is 4.93. The van der Waals surface area contributed by atoms with Gasteiger partial charge in [0, 0.05) is 32.6 Å². The van der Waals surface area contributed by atoms with Gasteiger partial charge >= 0.3 is 0 Å². The first kappa shape index (κ1) is 17.3. The van der Waals surface area contributed by atoms with Gasteiger partial charge in [0.25, 0.3) is 5.91 Å². The van der Waals surface area contributed by atoms with E-state index < -0.39 is 5.91 Å². The minimum atomic E-state index is -0.467. The molecule has 0 unspecified atom stereocenters. The van der Waals surface area contributed by atoms with Gasteiger partial charge in [0.15, 0.2) is 11.6 Å². The predicted octanol–water partition coefficient (Wildman–Crippen LogP) is 0.460. The Balaban J connectivity index is 1.68. The standard InChI is InChI=1S/C16H23N7O2/c1-4-12-18-13(25-21-12)9-22-5-7-23(8-6-22)16-14(15(17)24)10(2)11(3)19-20-16/h4-9H2,1-3H3,(H2,17,24). The van der Waals surface area contributed by atoms with Crippen molar-refractivity contribution >= 4 is 11.7 Å². The first-order valence-electron chi connectivity index (χ1n) is 8.42. The van der Waals surface area contributed by atoms with Gasteiger partial charge in [-0.2, -0.15) is 10.1 Å². The average Bonchev–Trinajstić information content (AvgIpc) is 3.05. The monoisotopic (exact) mass is 345 g/mol. The third-order valence-electron chi connectivity index (χ3n) is 4.54. The van der Waals surface area contributed by atoms with E-state index in [1.807, 2.05) is 20.8 Å². The van der Waals surface area contributed by atoms with Crippen molar-refractivity contribution in [2.75, 3.05) is 31.1 Å². The molecule has 0 radical (unpaired) electrons. The maximum Gasteiger partial charge on any atom is 0.252 e. The van der Waals surface area contributed by atoms with Gasteiger partial charge in [0.05, 0.1) is 17.8 Å². The van der Waals surface area contributed by atoms with Crippen molar-refractivity contribution in [1.29, 1.82) is 0 Å². The summed E-state index contributed by atoms with van der Waals surface area (Å²) in [6.45, 7) is 9.36. The molecule has 134 valence electrons. The van der Waals surface area contributed by atoms with Crippen molar-refractivity contribution < 1.29 is 9.32 Å². The summed E-state index contributed by atoms with van der Waals surface area (Å²) in [4.78, 5) is 20.5. The van der Waals surface area contributed by atoms with Crippen molar-refractivity contribution in [2.24, 2.45) is 5.73 Å². The van der Waals surface area contributed by atoms with E-state index in [1.165, 1.54) is 0 Å². The number of amides is 1. The molecule has 1 fully saturated rings. The number of hydrogen-bond acceptors (Lipinski definition) is 8. The van der Waals surface area contributed by atoms with E-state index in [4.69, 9.17) is 10.3 Å². The van der Waals surface area contributed by atoms with Crippen LogP contribution in [0.2, 0.25) is 0 Å². The molecule has 9 heteroatoms. The number of aromatic nitrogens is 4. The number of anilines is 1. The van der Waals surface area contributed by atoms with Gasteiger partial charge in [0.2, 0.25) is 5.89 Å². The van der Waals surface area contributed by atoms with Crippen LogP contribution in [-0.2, 0) is 13.0 Å². The minimum Gasteiger partial charge on any atom is -0.365 e. The Hall–Kier alpha value is -2.55. The fourth-order valence-electron chi connectivity index (χ4n) is 2.92. The van der Waals surface area contributed by atoms with E-state index in [2.05, 4.69) is 30.1 Å². The van der Waals surface area contributed by atoms with Crippen LogP contribution in [0.4, 0.5) is 5.82 Å². The molecule has 0 saturated carbocycles. The van der Waals surface area contributed by atoms with Crippen molar-refractivity contribution in [3.8, 4) is 0 Å². The summed E-state index contributed by atoms with van der Waals surface area (Å²) in [6.07, 6.45) is 0.763. The van der Waals surface area contributed by atoms with Crippen LogP contribution in [-0.4, -0.2) is 57.3 Å². The van der Waals surface area contributed by atoms with Gasteiger partial charge in [-0.25, -0.2) is 0 Å². The first-order chi connectivity index (χ1) is 12.0. The number of piperazine rings is 1. The molecule has 1 amide bonds. The summed E-state index contributed by atoms with van der Waals surface area (Å²) in [5.41, 5.74) is 7.54. The molecule has 1 aliphatic heterocycles. The average molecular weight is 345 g/mol. The minimum absolute atomic E-state index is 0.463. The van der Waals surface area contributed by atoms with Crippen LogP contribution in [0.25, 0.3) is 0 Å². The lowest BCUT2D eigenvalue weighted by atomic mass is 10.1. The number of rotatable bonds is 5. The normalized spacial score (nSPS) is 15.6. The zero-order chi connectivity index (χ0) is 18.0. The number of carbonyl (C=O) groups is 1. The quantitative estimate of drug-likeness (QED) is 0.831. The van der Waals surface area contributed by atoms with Crippen LogP contribution in [0.5, 0.6) is 0 Å². The Morgan fingerprint density at radius 1 is 1.20 bits per heavy atom. The van der Waals surface area contributed by atoms with Crippen LogP contribution in [0, 0.1) is 13.8 Å². The summed E-state index contributed by atoms with van der Waals surface area (Å²) in [5, 5.41) is 12.3. The fraction of sp³-hybridized carbons (Fsp3) is 0.562. The maximum absolute atomic E-state index is 11.9. The highest BCUT2D eigenvalue weighted by atomic mass is 16.5. The van der Waals surface area contributed by atoms with Crippen molar-refractivity contribution in [2.45, 2.75) is 33.7 Å². The topological polar surface area (TPSA) is 114 Å². The largest absolute Gasteiger partial charge is 0.365 e. The van der Waals surface area contributed by atoms with Gasteiger partial charge < -0.3 is 15.2 Å². The third-order valence-corrected chi connectivity index (χ3v) is 4.54. The van der Waals surface area contributed by atoms with E-state index in [9.17, 15) is 4.79 Å². The molecule has 2 N–H and O–H groups in total. The molecule has 0 atom stereocenters. The summed E-state index contributed by atoms with van der Waals surface area (Å²) in [6, 6.07) is 0. The van der Waals surface area contributed by atoms with Gasteiger partial charge in [-0.05, 0) is 19.4 Å². The molecule has 0 bridgehead atoms. The van der Waals surface area contributed by atoms with Crippen molar-refractivity contribution in [3.05, 3.63) is 28.5 Å². The molecular formula is C16H23N7O2. The van der Waals surface area contributed by atoms with E-state index >= 15 is 0 Å². The second kappa shape index (κ2) is 7.14. The lowest BCUT2D eigenvalue weighted by molar-refractivity contribution is 0.0999. The number of carbonyl (C=O) groups excluding carboxylic acids is 1. The number of nitrogens with zero attached hydrogens (tertiary/aromatic N) is 6. The first-order valence-corrected chi connectivity index (χ1v) is 8.42. The van der Waals surface area contributed by atoms with Gasteiger partial charge in [-0.3, -0.25) is 9.69 Å². The zero-order valence-electron chi connectivity index (χ0n) is 14.8. The lowest BCUT2D eigenvalue weighted by Crippen LogP contribution is -2.47. The highest BCUT2D eigenvalue weighted by Gasteiger charge is 2.25. The molecule has 2 aromatic heterocycles. The maximum atomic E-state index is 11.9. The molecule has 9 nitrogen and oxygen atoms in total. The zero-order valence-corrected chi connectivity index (χ0v) is 14.8. The highest BCUT2D eigenvalue weighted by molar-refractivity contribution is 5.99. The summed E-state index contributed by atoms with van der Waals surface area (Å²) in [5.74, 6) is 1.46. The van der Waals surface area contributed by atoms with Gasteiger partial charge in [-0.1, -0.05) is 12.1 Å². The molecule has 0 spiro atoms. The Morgan fingerprint density at radius 3 is 2.52 bits per heavy atom. The number of nitrogens with two attached hydrogens (primary N) is 1. The van der Waals surface area contributed by atoms with E-state index in [0.29, 0.717) is 23.8 Å². The smallest absolute Gasteiger partial charge is 0.252 e. The Bertz CT molecular complexity index is 766. The highest BCUT2D eigenvalue weighted by Crippen LogP contribution is 2.23. The molecule has 25 heavy (non-hydrogen) atoms. The molecule has 2 aromatic rings. The van der Waals surface area contributed by atoms with Crippen LogP contribution in [0.1, 0.15) is 40.3 Å². The van der Waals surface area contributed by atoms with Crippen LogP contribution >= 0.6 is 0 Å². The van der Waals surface area contributed by atoms with Crippen LogP contribution < -0.4 is 10.6 Å². The summed E-state index contributed by atoms with van der Waals surface area (Å²) >= 11 is 0. The predicted molar refractivity (Wildman–Crippen MR) is 91.2 cm³/mol. The van der Waals surface area contributed by atoms with E-state index in [-0.39, 0.29) is 0 Å². The SMILES string of the molecule is CCc1noc(CN2CCN(c3nnc(C)c(C)c3C(N)=O)CC2)n1. The Labute approximate surface area is 146 Å². The number of primary amides is 1. The van der Waals surface area contributed by atoms with Crippen LogP contribution in [0.15, 0.2) is 4.52 Å². The third kappa shape index (κ3) is 3.60. The van der Waals surface area contributed by atoms with Gasteiger partial charge in [-0.15, -0.1) is 5.10 Å². The summed E-state index contributed by atoms with van der Waals surface area (Å²) < 4.78 is 5.25. The molecule has 3 rings (SSSR count). The molecule has 3 heterocycles. The van der Waals surface area contributed by atoms with E-state index in [0.717, 1.165) is 49.7 Å². The second-order valence-electron chi connectivity index (χ2n) is 6.19. The molecule has 1 saturated heterocycles. The van der Waals surface area contributed by atoms with Gasteiger partial charge in [0.1, 0.15) is 0 Å². The number of hydrogen-bond donors (Lipinski definition) is 1. The molecule has 0 aromatic carbocycles. The number of aryl methyl sites for hydroxylation is 2. The molecule has 0 aliphatic carbocycles. The van der Waals surface area contributed by atoms with E-state index in [1.54, 1.807) is 0 Å². The van der Waals surface area contributed by atoms with Crippen molar-refractivity contribution in [3.63, 3.8) is 0 Å². The summed E-state index contributed by atoms with van der Waals surface area (Å²) in [7, 11) is 0. The van der Waals surface area contributed by atoms with Crippen LogP contribution in [0.3, 0.4) is 0 Å². The second-order valence-corrected chi connectivity index (χ2v) is 6.19.